The quantitative estimate of drug-likeness (QED) is 0.326. The molecule has 0 bridgehead atoms. The maximum Gasteiger partial charge on any atom is 0.254 e. The SMILES string of the molecule is CSc1cc(C)[nH]c(=O)c1CNC(=O)c1c(C)n(CC2(O)CCC(NC3(C)COC3)CC2)c2ccccc12. The Kier molecular flexibility index (Phi) is 7.48. The van der Waals surface area contributed by atoms with Gasteiger partial charge in [0, 0.05) is 45.3 Å². The lowest BCUT2D eigenvalue weighted by atomic mass is 9.81. The number of rotatable bonds is 8. The first kappa shape index (κ1) is 27.0. The third kappa shape index (κ3) is 5.30. The van der Waals surface area contributed by atoms with Crippen molar-refractivity contribution < 1.29 is 14.6 Å². The number of aromatic amines is 1. The molecule has 1 saturated carbocycles. The summed E-state index contributed by atoms with van der Waals surface area (Å²) in [5.41, 5.74) is 2.72. The van der Waals surface area contributed by atoms with E-state index in [1.807, 2.05) is 50.4 Å². The molecule has 0 radical (unpaired) electrons. The number of fused-ring (bicyclic) bond motifs is 1. The Balaban J connectivity index is 1.35. The van der Waals surface area contributed by atoms with Crippen LogP contribution in [0.2, 0.25) is 0 Å². The van der Waals surface area contributed by atoms with Crippen molar-refractivity contribution in [2.45, 2.75) is 81.6 Å². The van der Waals surface area contributed by atoms with Crippen LogP contribution in [0.15, 0.2) is 40.0 Å². The lowest BCUT2D eigenvalue weighted by molar-refractivity contribution is -0.0789. The summed E-state index contributed by atoms with van der Waals surface area (Å²) in [5, 5.41) is 19.1. The summed E-state index contributed by atoms with van der Waals surface area (Å²) >= 11 is 1.49. The molecule has 2 aliphatic rings. The lowest BCUT2D eigenvalue weighted by Crippen LogP contribution is -2.62. The van der Waals surface area contributed by atoms with Gasteiger partial charge < -0.3 is 30.0 Å². The summed E-state index contributed by atoms with van der Waals surface area (Å²) < 4.78 is 7.46. The minimum Gasteiger partial charge on any atom is -0.388 e. The molecule has 0 atom stereocenters. The van der Waals surface area contributed by atoms with Crippen LogP contribution < -0.4 is 16.2 Å². The molecule has 1 saturated heterocycles. The standard InChI is InChI=1S/C29H38N4O4S/c1-18-13-24(38-4)22(26(34)31-18)14-30-27(35)25-19(2)33(23-8-6-5-7-21(23)25)15-29(36)11-9-20(10-12-29)32-28(3)16-37-17-28/h5-8,13,20,32,36H,9-12,14-17H2,1-4H3,(H,30,35)(H,31,34). The van der Waals surface area contributed by atoms with Crippen molar-refractivity contribution in [2.24, 2.45) is 0 Å². The highest BCUT2D eigenvalue weighted by Crippen LogP contribution is 2.35. The smallest absolute Gasteiger partial charge is 0.254 e. The van der Waals surface area contributed by atoms with Crippen LogP contribution in [-0.2, 0) is 17.8 Å². The van der Waals surface area contributed by atoms with Gasteiger partial charge in [-0.15, -0.1) is 11.8 Å². The van der Waals surface area contributed by atoms with Gasteiger partial charge in [0.2, 0.25) is 0 Å². The molecule has 2 fully saturated rings. The van der Waals surface area contributed by atoms with Crippen molar-refractivity contribution in [1.82, 2.24) is 20.2 Å². The summed E-state index contributed by atoms with van der Waals surface area (Å²) in [4.78, 5) is 29.8. The molecule has 9 heteroatoms. The van der Waals surface area contributed by atoms with Gasteiger partial charge in [-0.25, -0.2) is 0 Å². The second-order valence-electron chi connectivity index (χ2n) is 11.3. The van der Waals surface area contributed by atoms with E-state index in [9.17, 15) is 14.7 Å². The molecular weight excluding hydrogens is 500 g/mol. The van der Waals surface area contributed by atoms with Crippen LogP contribution in [-0.4, -0.2) is 57.2 Å². The van der Waals surface area contributed by atoms with E-state index < -0.39 is 5.60 Å². The molecular formula is C29H38N4O4S. The van der Waals surface area contributed by atoms with E-state index in [0.29, 0.717) is 36.6 Å². The van der Waals surface area contributed by atoms with Crippen LogP contribution in [0.5, 0.6) is 0 Å². The fourth-order valence-electron chi connectivity index (χ4n) is 5.95. The molecule has 1 amide bonds. The second kappa shape index (κ2) is 10.5. The van der Waals surface area contributed by atoms with Gasteiger partial charge in [-0.2, -0.15) is 0 Å². The van der Waals surface area contributed by atoms with Gasteiger partial charge in [0.05, 0.1) is 36.5 Å². The number of nitrogens with zero attached hydrogens (tertiary/aromatic N) is 1. The van der Waals surface area contributed by atoms with Gasteiger partial charge in [-0.05, 0) is 64.8 Å². The predicted octanol–water partition coefficient (Wildman–Crippen LogP) is 3.65. The van der Waals surface area contributed by atoms with Gasteiger partial charge in [0.25, 0.3) is 11.5 Å². The Hall–Kier alpha value is -2.59. The number of amides is 1. The number of pyridine rings is 1. The zero-order valence-corrected chi connectivity index (χ0v) is 23.5. The van der Waals surface area contributed by atoms with Crippen LogP contribution >= 0.6 is 11.8 Å². The van der Waals surface area contributed by atoms with Crippen molar-refractivity contribution in [3.8, 4) is 0 Å². The van der Waals surface area contributed by atoms with E-state index in [1.165, 1.54) is 11.8 Å². The largest absolute Gasteiger partial charge is 0.388 e. The molecule has 2 aromatic heterocycles. The number of hydrogen-bond acceptors (Lipinski definition) is 6. The van der Waals surface area contributed by atoms with Crippen molar-refractivity contribution >= 4 is 28.6 Å². The number of carbonyl (C=O) groups excluding carboxylic acids is 1. The number of hydrogen-bond donors (Lipinski definition) is 4. The van der Waals surface area contributed by atoms with E-state index in [4.69, 9.17) is 4.74 Å². The van der Waals surface area contributed by atoms with Crippen LogP contribution in [0.1, 0.15) is 59.9 Å². The number of nitrogens with one attached hydrogen (secondary N) is 3. The summed E-state index contributed by atoms with van der Waals surface area (Å²) in [6.07, 6.45) is 5.13. The molecule has 3 aromatic rings. The first-order valence-electron chi connectivity index (χ1n) is 13.3. The number of carbonyl (C=O) groups is 1. The second-order valence-corrected chi connectivity index (χ2v) is 12.1. The monoisotopic (exact) mass is 538 g/mol. The zero-order chi connectivity index (χ0) is 27.1. The molecule has 8 nitrogen and oxygen atoms in total. The van der Waals surface area contributed by atoms with Crippen molar-refractivity contribution in [2.75, 3.05) is 19.5 Å². The van der Waals surface area contributed by atoms with E-state index in [2.05, 4.69) is 27.1 Å². The third-order valence-corrected chi connectivity index (χ3v) is 8.90. The summed E-state index contributed by atoms with van der Waals surface area (Å²) in [7, 11) is 0. The van der Waals surface area contributed by atoms with Crippen molar-refractivity contribution in [3.05, 3.63) is 63.2 Å². The number of thioether (sulfide) groups is 1. The molecule has 0 spiro atoms. The molecule has 3 heterocycles. The van der Waals surface area contributed by atoms with Gasteiger partial charge in [0.15, 0.2) is 0 Å². The Morgan fingerprint density at radius 1 is 1.24 bits per heavy atom. The summed E-state index contributed by atoms with van der Waals surface area (Å²) in [6, 6.07) is 10.1. The number of aliphatic hydroxyl groups is 1. The topological polar surface area (TPSA) is 108 Å². The number of ether oxygens (including phenoxy) is 1. The van der Waals surface area contributed by atoms with Crippen LogP contribution in [0.4, 0.5) is 0 Å². The molecule has 38 heavy (non-hydrogen) atoms. The Bertz CT molecular complexity index is 1400. The molecule has 1 aromatic carbocycles. The van der Waals surface area contributed by atoms with E-state index in [-0.39, 0.29) is 23.6 Å². The van der Waals surface area contributed by atoms with Gasteiger partial charge in [-0.3, -0.25) is 9.59 Å². The van der Waals surface area contributed by atoms with Crippen LogP contribution in [0, 0.1) is 13.8 Å². The normalized spacial score (nSPS) is 22.8. The number of para-hydroxylation sites is 1. The minimum atomic E-state index is -0.835. The lowest BCUT2D eigenvalue weighted by Gasteiger charge is -2.45. The first-order valence-corrected chi connectivity index (χ1v) is 14.5. The minimum absolute atomic E-state index is 0.0512. The maximum atomic E-state index is 13.5. The van der Waals surface area contributed by atoms with E-state index in [1.54, 1.807) is 0 Å². The number of benzene rings is 1. The number of H-pyrrole nitrogens is 1. The zero-order valence-electron chi connectivity index (χ0n) is 22.6. The molecule has 1 aliphatic carbocycles. The average Bonchev–Trinajstić information content (AvgIpc) is 3.14. The molecule has 5 rings (SSSR count). The fraction of sp³-hybridized carbons (Fsp3) is 0.517. The van der Waals surface area contributed by atoms with Gasteiger partial charge >= 0.3 is 0 Å². The highest BCUT2D eigenvalue weighted by molar-refractivity contribution is 7.98. The molecule has 0 unspecified atom stereocenters. The van der Waals surface area contributed by atoms with Crippen LogP contribution in [0.3, 0.4) is 0 Å². The first-order chi connectivity index (χ1) is 18.1. The maximum absolute atomic E-state index is 13.5. The highest BCUT2D eigenvalue weighted by atomic mass is 32.2. The van der Waals surface area contributed by atoms with E-state index >= 15 is 0 Å². The Morgan fingerprint density at radius 2 is 1.95 bits per heavy atom. The molecule has 4 N–H and O–H groups in total. The summed E-state index contributed by atoms with van der Waals surface area (Å²) in [6.45, 7) is 8.04. The third-order valence-electron chi connectivity index (χ3n) is 8.10. The number of aromatic nitrogens is 2. The summed E-state index contributed by atoms with van der Waals surface area (Å²) in [5.74, 6) is -0.222. The Labute approximate surface area is 227 Å². The average molecular weight is 539 g/mol. The molecule has 204 valence electrons. The van der Waals surface area contributed by atoms with Crippen molar-refractivity contribution in [3.63, 3.8) is 0 Å². The van der Waals surface area contributed by atoms with Gasteiger partial charge in [-0.1, -0.05) is 18.2 Å². The Morgan fingerprint density at radius 3 is 2.61 bits per heavy atom. The number of aryl methyl sites for hydroxylation is 1. The fourth-order valence-corrected chi connectivity index (χ4v) is 6.66. The van der Waals surface area contributed by atoms with Crippen LogP contribution in [0.25, 0.3) is 10.9 Å². The van der Waals surface area contributed by atoms with Gasteiger partial charge in [0.1, 0.15) is 0 Å². The molecule has 1 aliphatic heterocycles. The van der Waals surface area contributed by atoms with E-state index in [0.717, 1.165) is 53.2 Å². The highest BCUT2D eigenvalue weighted by Gasteiger charge is 2.40. The predicted molar refractivity (Wildman–Crippen MR) is 151 cm³/mol. The van der Waals surface area contributed by atoms with Crippen molar-refractivity contribution in [1.29, 1.82) is 0 Å².